The predicted molar refractivity (Wildman–Crippen MR) is 204 cm³/mol. The van der Waals surface area contributed by atoms with E-state index in [4.69, 9.17) is 16.3 Å². The summed E-state index contributed by atoms with van der Waals surface area (Å²) in [7, 11) is 3.35. The number of aromatic hydroxyl groups is 2. The van der Waals surface area contributed by atoms with E-state index in [0.717, 1.165) is 74.5 Å². The molecular formula is C38H49ClN8O3. The highest BCUT2D eigenvalue weighted by atomic mass is 35.5. The van der Waals surface area contributed by atoms with Crippen molar-refractivity contribution < 1.29 is 14.9 Å². The van der Waals surface area contributed by atoms with Crippen LogP contribution in [-0.2, 0) is 4.74 Å². The molecule has 266 valence electrons. The highest BCUT2D eigenvalue weighted by Gasteiger charge is 2.19. The fraction of sp³-hybridized carbons (Fsp3) is 0.368. The number of rotatable bonds is 5. The maximum Gasteiger partial charge on any atom is 0.146 e. The molecule has 1 aliphatic heterocycles. The van der Waals surface area contributed by atoms with Crippen LogP contribution in [0.5, 0.6) is 11.5 Å². The number of hydrogen-bond donors (Lipinski definition) is 4. The molecule has 0 amide bonds. The molecule has 12 heteroatoms. The number of phenolic OH excluding ortho intramolecular Hbond substituents is 2. The minimum absolute atomic E-state index is 0.239. The Hall–Kier alpha value is -4.71. The van der Waals surface area contributed by atoms with Crippen molar-refractivity contribution in [3.05, 3.63) is 77.7 Å². The van der Waals surface area contributed by atoms with Crippen LogP contribution in [0.25, 0.3) is 44.3 Å². The van der Waals surface area contributed by atoms with Crippen molar-refractivity contribution >= 4 is 39.5 Å². The monoisotopic (exact) mass is 700 g/mol. The van der Waals surface area contributed by atoms with Gasteiger partial charge in [-0.3, -0.25) is 0 Å². The number of anilines is 1. The topological polar surface area (TPSA) is 149 Å². The smallest absolute Gasteiger partial charge is 0.146 e. The molecule has 0 aliphatic carbocycles. The number of fused-ring (bicyclic) bond motifs is 2. The van der Waals surface area contributed by atoms with Crippen LogP contribution in [0.1, 0.15) is 63.7 Å². The van der Waals surface area contributed by atoms with Crippen molar-refractivity contribution in [2.45, 2.75) is 66.5 Å². The first-order valence-corrected chi connectivity index (χ1v) is 17.2. The van der Waals surface area contributed by atoms with Gasteiger partial charge >= 0.3 is 0 Å². The summed E-state index contributed by atoms with van der Waals surface area (Å²) in [4.78, 5) is 17.2. The van der Waals surface area contributed by atoms with Gasteiger partial charge in [-0.15, -0.1) is 0 Å². The Morgan fingerprint density at radius 1 is 0.720 bits per heavy atom. The number of aromatic nitrogens is 6. The normalized spacial score (nSPS) is 12.3. The number of phenols is 2. The van der Waals surface area contributed by atoms with Crippen LogP contribution in [0.4, 0.5) is 5.82 Å². The van der Waals surface area contributed by atoms with Gasteiger partial charge in [-0.05, 0) is 108 Å². The van der Waals surface area contributed by atoms with Crippen LogP contribution < -0.4 is 11.1 Å². The van der Waals surface area contributed by atoms with E-state index in [1.54, 1.807) is 30.6 Å². The summed E-state index contributed by atoms with van der Waals surface area (Å²) in [5, 5.41) is 25.1. The summed E-state index contributed by atoms with van der Waals surface area (Å²) >= 11 is 6.28. The molecule has 1 fully saturated rings. The molecule has 0 unspecified atom stereocenters. The van der Waals surface area contributed by atoms with Gasteiger partial charge in [0.05, 0.1) is 10.8 Å². The Kier molecular flexibility index (Phi) is 13.2. The predicted octanol–water partition coefficient (Wildman–Crippen LogP) is 8.45. The summed E-state index contributed by atoms with van der Waals surface area (Å²) in [5.41, 5.74) is 12.0. The number of hydrogen-bond acceptors (Lipinski definition) is 9. The number of halogens is 1. The van der Waals surface area contributed by atoms with Crippen molar-refractivity contribution in [1.29, 1.82) is 0 Å². The highest BCUT2D eigenvalue weighted by Crippen LogP contribution is 2.38. The highest BCUT2D eigenvalue weighted by molar-refractivity contribution is 6.35. The molecule has 2 aromatic carbocycles. The van der Waals surface area contributed by atoms with Crippen LogP contribution in [0.3, 0.4) is 0 Å². The summed E-state index contributed by atoms with van der Waals surface area (Å²) < 4.78 is 9.14. The molecule has 0 bridgehead atoms. The average molecular weight is 701 g/mol. The fourth-order valence-corrected chi connectivity index (χ4v) is 6.12. The van der Waals surface area contributed by atoms with Gasteiger partial charge in [0.25, 0.3) is 0 Å². The van der Waals surface area contributed by atoms with Gasteiger partial charge in [-0.1, -0.05) is 23.7 Å². The molecule has 0 atom stereocenters. The maximum atomic E-state index is 9.92. The number of ether oxygens (including phenoxy) is 1. The lowest BCUT2D eigenvalue weighted by atomic mass is 10.0. The lowest BCUT2D eigenvalue weighted by molar-refractivity contribution is 0.198. The summed E-state index contributed by atoms with van der Waals surface area (Å²) in [5.74, 6) is 1.30. The second-order valence-corrected chi connectivity index (χ2v) is 12.9. The molecule has 0 saturated carbocycles. The molecule has 6 aromatic rings. The van der Waals surface area contributed by atoms with Gasteiger partial charge < -0.3 is 35.1 Å². The number of aryl methyl sites for hydroxylation is 2. The zero-order chi connectivity index (χ0) is 36.5. The molecular weight excluding hydrogens is 652 g/mol. The molecule has 1 aliphatic rings. The molecule has 5 N–H and O–H groups in total. The molecule has 1 saturated heterocycles. The number of nitrogens with zero attached hydrogens (tertiary/aromatic N) is 6. The van der Waals surface area contributed by atoms with Gasteiger partial charge in [0.15, 0.2) is 0 Å². The van der Waals surface area contributed by atoms with Crippen LogP contribution >= 0.6 is 11.6 Å². The van der Waals surface area contributed by atoms with Crippen LogP contribution in [-0.4, -0.2) is 66.6 Å². The van der Waals surface area contributed by atoms with Crippen molar-refractivity contribution in [3.8, 4) is 33.8 Å². The number of benzene rings is 2. The van der Waals surface area contributed by atoms with E-state index < -0.39 is 0 Å². The quantitative estimate of drug-likeness (QED) is 0.130. The SMILES string of the molecule is C1CCOC1.CN.CNc1ncnc2c1c(-c1cc(C)cc(O)c1)cn2C(C)C.Cc1cc(O)cc(-c2cn(C(C)C)c3ncnc(Cl)c23)c1. The average Bonchev–Trinajstić information content (AvgIpc) is 3.86. The maximum absolute atomic E-state index is 9.92. The van der Waals surface area contributed by atoms with Gasteiger partial charge in [0.1, 0.15) is 46.4 Å². The van der Waals surface area contributed by atoms with Gasteiger partial charge in [-0.2, -0.15) is 0 Å². The van der Waals surface area contributed by atoms with E-state index in [0.29, 0.717) is 5.15 Å². The van der Waals surface area contributed by atoms with Crippen LogP contribution in [0.15, 0.2) is 61.4 Å². The minimum atomic E-state index is 0.239. The number of nitrogens with one attached hydrogen (secondary N) is 1. The molecule has 0 spiro atoms. The number of nitrogens with two attached hydrogens (primary N) is 1. The first kappa shape index (κ1) is 38.1. The van der Waals surface area contributed by atoms with E-state index in [-0.39, 0.29) is 23.6 Å². The first-order chi connectivity index (χ1) is 24.0. The van der Waals surface area contributed by atoms with E-state index in [1.165, 1.54) is 26.2 Å². The second-order valence-electron chi connectivity index (χ2n) is 12.6. The lowest BCUT2D eigenvalue weighted by Crippen LogP contribution is -2.01. The van der Waals surface area contributed by atoms with Gasteiger partial charge in [-0.25, -0.2) is 19.9 Å². The summed E-state index contributed by atoms with van der Waals surface area (Å²) in [6.07, 6.45) is 9.70. The van der Waals surface area contributed by atoms with E-state index in [9.17, 15) is 10.2 Å². The summed E-state index contributed by atoms with van der Waals surface area (Å²) in [6.45, 7) is 14.3. The van der Waals surface area contributed by atoms with E-state index in [2.05, 4.69) is 80.1 Å². The lowest BCUT2D eigenvalue weighted by Gasteiger charge is -2.08. The molecule has 11 nitrogen and oxygen atoms in total. The molecule has 0 radical (unpaired) electrons. The van der Waals surface area contributed by atoms with Gasteiger partial charge in [0.2, 0.25) is 0 Å². The zero-order valence-corrected chi connectivity index (χ0v) is 31.0. The van der Waals surface area contributed by atoms with Crippen LogP contribution in [0.2, 0.25) is 5.15 Å². The Bertz CT molecular complexity index is 1980. The van der Waals surface area contributed by atoms with Crippen molar-refractivity contribution in [1.82, 2.24) is 29.1 Å². The van der Waals surface area contributed by atoms with Crippen molar-refractivity contribution in [2.75, 3.05) is 32.6 Å². The Labute approximate surface area is 299 Å². The third-order valence-electron chi connectivity index (χ3n) is 8.10. The Balaban J connectivity index is 0.000000189. The molecule has 4 aromatic heterocycles. The largest absolute Gasteiger partial charge is 0.508 e. The molecule has 50 heavy (non-hydrogen) atoms. The first-order valence-electron chi connectivity index (χ1n) is 16.8. The van der Waals surface area contributed by atoms with Crippen molar-refractivity contribution in [2.24, 2.45) is 5.73 Å². The summed E-state index contributed by atoms with van der Waals surface area (Å²) in [6, 6.07) is 11.6. The fourth-order valence-electron chi connectivity index (χ4n) is 5.89. The van der Waals surface area contributed by atoms with E-state index in [1.807, 2.05) is 33.2 Å². The third kappa shape index (κ3) is 8.71. The Morgan fingerprint density at radius 3 is 1.60 bits per heavy atom. The van der Waals surface area contributed by atoms with Crippen molar-refractivity contribution in [3.63, 3.8) is 0 Å². The second kappa shape index (κ2) is 17.3. The molecule has 7 rings (SSSR count). The van der Waals surface area contributed by atoms with Gasteiger partial charge in [0, 0.05) is 55.9 Å². The van der Waals surface area contributed by atoms with E-state index >= 15 is 0 Å². The zero-order valence-electron chi connectivity index (χ0n) is 30.2. The standard InChI is InChI=1S/C17H20N4O.C16H16ClN3O.C4H8O.CH5N/c1-10(2)21-8-14(12-5-11(3)6-13(22)7-12)15-16(18-4)19-9-20-17(15)21;1-9(2)20-7-13(11-4-10(3)5-12(21)6-11)14-15(17)18-8-19-16(14)20;1-2-4-5-3-1;1-2/h5-10,22H,1-4H3,(H,18,19,20);4-9,21H,1-3H3;1-4H2;2H2,1H3. The minimum Gasteiger partial charge on any atom is -0.508 e. The third-order valence-corrected chi connectivity index (χ3v) is 8.38. The Morgan fingerprint density at radius 2 is 1.18 bits per heavy atom. The van der Waals surface area contributed by atoms with Crippen LogP contribution in [0, 0.1) is 13.8 Å². The molecule has 5 heterocycles.